The van der Waals surface area contributed by atoms with Gasteiger partial charge in [-0.2, -0.15) is 0 Å². The van der Waals surface area contributed by atoms with Crippen LogP contribution in [0.15, 0.2) is 54.6 Å². The summed E-state index contributed by atoms with van der Waals surface area (Å²) in [6.07, 6.45) is 9.99. The Morgan fingerprint density at radius 3 is 2.54 bits per heavy atom. The van der Waals surface area contributed by atoms with Crippen molar-refractivity contribution in [2.45, 2.75) is 76.3 Å². The fraction of sp³-hybridized carbons (Fsp3) is 0.562. The number of benzene rings is 1. The Labute approximate surface area is 241 Å². The van der Waals surface area contributed by atoms with Gasteiger partial charge >= 0.3 is 0 Å². The lowest BCUT2D eigenvalue weighted by Crippen LogP contribution is -2.63. The third kappa shape index (κ3) is 4.40. The van der Waals surface area contributed by atoms with Gasteiger partial charge in [0.05, 0.1) is 11.7 Å². The SMILES string of the molecule is C[C@@H]1NC(=O)[C@@]23C(=O)N[C@@H](Cc4ccccc4)C2[C@H](C)[C@@]2(C)O[C@H]2C3/C=C/C/C=C\CNC(=O)[C@@H]2CCCN2C1=O. The van der Waals surface area contributed by atoms with Crippen LogP contribution in [-0.4, -0.2) is 71.4 Å². The third-order valence-electron chi connectivity index (χ3n) is 10.2. The Morgan fingerprint density at radius 1 is 1.00 bits per heavy atom. The Balaban J connectivity index is 1.41. The number of amides is 4. The minimum atomic E-state index is -1.44. The molecule has 1 aromatic carbocycles. The Morgan fingerprint density at radius 2 is 1.76 bits per heavy atom. The van der Waals surface area contributed by atoms with Gasteiger partial charge in [0.2, 0.25) is 23.6 Å². The summed E-state index contributed by atoms with van der Waals surface area (Å²) in [6.45, 7) is 6.65. The summed E-state index contributed by atoms with van der Waals surface area (Å²) in [7, 11) is 0. The van der Waals surface area contributed by atoms with Crippen LogP contribution < -0.4 is 16.0 Å². The van der Waals surface area contributed by atoms with Gasteiger partial charge < -0.3 is 25.6 Å². The zero-order chi connectivity index (χ0) is 28.9. The summed E-state index contributed by atoms with van der Waals surface area (Å²) in [5.74, 6) is -2.18. The second-order valence-corrected chi connectivity index (χ2v) is 12.5. The number of carbonyl (C=O) groups excluding carboxylic acids is 4. The Hall–Kier alpha value is -3.46. The molecule has 6 rings (SSSR count). The monoisotopic (exact) mass is 560 g/mol. The van der Waals surface area contributed by atoms with Crippen LogP contribution in [0.5, 0.6) is 0 Å². The van der Waals surface area contributed by atoms with Gasteiger partial charge in [-0.25, -0.2) is 0 Å². The summed E-state index contributed by atoms with van der Waals surface area (Å²) >= 11 is 0. The van der Waals surface area contributed by atoms with E-state index >= 15 is 0 Å². The lowest BCUT2D eigenvalue weighted by molar-refractivity contribution is -0.152. The van der Waals surface area contributed by atoms with Crippen LogP contribution in [-0.2, 0) is 30.3 Å². The van der Waals surface area contributed by atoms with Crippen molar-refractivity contribution in [1.82, 2.24) is 20.9 Å². The molecule has 4 fully saturated rings. The molecule has 4 heterocycles. The molecule has 1 aromatic rings. The van der Waals surface area contributed by atoms with Crippen molar-refractivity contribution < 1.29 is 23.9 Å². The summed E-state index contributed by atoms with van der Waals surface area (Å²) in [5.41, 5.74) is -0.804. The van der Waals surface area contributed by atoms with Crippen LogP contribution >= 0.6 is 0 Å². The highest BCUT2D eigenvalue weighted by molar-refractivity contribution is 6.09. The normalized spacial score (nSPS) is 42.1. The van der Waals surface area contributed by atoms with Crippen molar-refractivity contribution in [3.8, 4) is 0 Å². The molecule has 1 spiro atoms. The molecule has 41 heavy (non-hydrogen) atoms. The van der Waals surface area contributed by atoms with E-state index < -0.39 is 34.9 Å². The van der Waals surface area contributed by atoms with Crippen molar-refractivity contribution >= 4 is 23.6 Å². The highest BCUT2D eigenvalue weighted by Crippen LogP contribution is 2.65. The van der Waals surface area contributed by atoms with E-state index in [4.69, 9.17) is 4.74 Å². The molecule has 9 heteroatoms. The first-order valence-corrected chi connectivity index (χ1v) is 14.9. The maximum Gasteiger partial charge on any atom is 0.245 e. The van der Waals surface area contributed by atoms with E-state index in [0.717, 1.165) is 12.0 Å². The number of fused-ring (bicyclic) bond motifs is 3. The van der Waals surface area contributed by atoms with E-state index in [-0.39, 0.29) is 41.7 Å². The number of ether oxygens (including phenoxy) is 1. The van der Waals surface area contributed by atoms with Gasteiger partial charge in [-0.15, -0.1) is 0 Å². The molecule has 9 nitrogen and oxygen atoms in total. The molecule has 5 aliphatic rings. The summed E-state index contributed by atoms with van der Waals surface area (Å²) in [6, 6.07) is 8.25. The van der Waals surface area contributed by atoms with E-state index in [9.17, 15) is 19.2 Å². The van der Waals surface area contributed by atoms with Crippen molar-refractivity contribution in [2.24, 2.45) is 23.2 Å². The molecule has 1 saturated carbocycles. The topological polar surface area (TPSA) is 120 Å². The minimum absolute atomic E-state index is 0.0845. The van der Waals surface area contributed by atoms with Gasteiger partial charge in [0, 0.05) is 31.0 Å². The molecule has 218 valence electrons. The number of nitrogens with one attached hydrogen (secondary N) is 3. The molecule has 9 atom stereocenters. The van der Waals surface area contributed by atoms with Gasteiger partial charge in [0.25, 0.3) is 0 Å². The fourth-order valence-electron chi connectivity index (χ4n) is 7.99. The number of rotatable bonds is 2. The van der Waals surface area contributed by atoms with Crippen LogP contribution in [0.3, 0.4) is 0 Å². The standard InChI is InChI=1S/C32H40N4O5/c1-19-25-23(18-21-12-7-6-8-13-21)35-30(40)32(25)22(26-31(19,3)41-26)14-9-4-5-10-16-33-27(37)24-15-11-17-36(24)28(38)20(2)34-29(32)39/h5-10,12-14,19-20,22-26H,4,11,15-18H2,1-3H3,(H,33,37)(H,34,39)(H,35,40)/b10-5-,14-9+/t19-,20-,22?,23-,24-,25?,26-,31+,32-/m0/s1. The molecular weight excluding hydrogens is 520 g/mol. The molecule has 0 bridgehead atoms. The first kappa shape index (κ1) is 27.7. The first-order chi connectivity index (χ1) is 19.7. The van der Waals surface area contributed by atoms with E-state index in [1.807, 2.05) is 54.6 Å². The average molecular weight is 561 g/mol. The summed E-state index contributed by atoms with van der Waals surface area (Å²) < 4.78 is 6.34. The van der Waals surface area contributed by atoms with E-state index in [1.54, 1.807) is 11.8 Å². The number of epoxide rings is 1. The highest BCUT2D eigenvalue weighted by atomic mass is 16.6. The minimum Gasteiger partial charge on any atom is -0.365 e. The maximum absolute atomic E-state index is 14.6. The lowest BCUT2D eigenvalue weighted by Gasteiger charge is -2.46. The van der Waals surface area contributed by atoms with Crippen molar-refractivity contribution in [2.75, 3.05) is 13.1 Å². The second kappa shape index (κ2) is 10.4. The molecule has 0 aromatic heterocycles. The number of hydrogen-bond acceptors (Lipinski definition) is 5. The predicted octanol–water partition coefficient (Wildman–Crippen LogP) is 1.88. The zero-order valence-corrected chi connectivity index (χ0v) is 24.0. The quantitative estimate of drug-likeness (QED) is 0.290. The van der Waals surface area contributed by atoms with Crippen LogP contribution in [0.4, 0.5) is 0 Å². The largest absolute Gasteiger partial charge is 0.365 e. The molecule has 1 aliphatic carbocycles. The predicted molar refractivity (Wildman–Crippen MR) is 152 cm³/mol. The van der Waals surface area contributed by atoms with Crippen molar-refractivity contribution in [3.05, 3.63) is 60.2 Å². The van der Waals surface area contributed by atoms with Crippen LogP contribution in [0.1, 0.15) is 45.6 Å². The molecule has 3 saturated heterocycles. The third-order valence-corrected chi connectivity index (χ3v) is 10.2. The van der Waals surface area contributed by atoms with Crippen LogP contribution in [0.25, 0.3) is 0 Å². The summed E-state index contributed by atoms with van der Waals surface area (Å²) in [4.78, 5) is 56.8. The summed E-state index contributed by atoms with van der Waals surface area (Å²) in [5, 5.41) is 9.09. The molecule has 4 aliphatic heterocycles. The van der Waals surface area contributed by atoms with Gasteiger partial charge in [-0.05, 0) is 51.0 Å². The molecule has 4 amide bonds. The highest BCUT2D eigenvalue weighted by Gasteiger charge is 2.78. The Bertz CT molecular complexity index is 1300. The fourth-order valence-corrected chi connectivity index (χ4v) is 7.99. The van der Waals surface area contributed by atoms with Crippen molar-refractivity contribution in [1.29, 1.82) is 0 Å². The number of hydrogen-bond donors (Lipinski definition) is 3. The average Bonchev–Trinajstić information content (AvgIpc) is 3.28. The van der Waals surface area contributed by atoms with Crippen molar-refractivity contribution in [3.63, 3.8) is 0 Å². The van der Waals surface area contributed by atoms with Gasteiger partial charge in [0.1, 0.15) is 17.5 Å². The Kier molecular flexibility index (Phi) is 7.04. The maximum atomic E-state index is 14.6. The molecule has 2 unspecified atom stereocenters. The molecule has 3 N–H and O–H groups in total. The smallest absolute Gasteiger partial charge is 0.245 e. The number of nitrogens with zero attached hydrogens (tertiary/aromatic N) is 1. The van der Waals surface area contributed by atoms with Crippen LogP contribution in [0.2, 0.25) is 0 Å². The second-order valence-electron chi connectivity index (χ2n) is 12.5. The zero-order valence-electron chi connectivity index (χ0n) is 24.0. The first-order valence-electron chi connectivity index (χ1n) is 14.9. The van der Waals surface area contributed by atoms with Gasteiger partial charge in [-0.3, -0.25) is 19.2 Å². The van der Waals surface area contributed by atoms with E-state index in [0.29, 0.717) is 32.4 Å². The number of carbonyl (C=O) groups is 4. The molecular formula is C32H40N4O5. The lowest BCUT2D eigenvalue weighted by atomic mass is 9.52. The van der Waals surface area contributed by atoms with Crippen LogP contribution in [0, 0.1) is 23.2 Å². The van der Waals surface area contributed by atoms with E-state index in [2.05, 4.69) is 29.8 Å². The van der Waals surface area contributed by atoms with Gasteiger partial charge in [-0.1, -0.05) is 61.6 Å². The van der Waals surface area contributed by atoms with E-state index in [1.165, 1.54) is 0 Å². The molecule has 0 radical (unpaired) electrons. The number of allylic oxidation sites excluding steroid dienone is 2. The van der Waals surface area contributed by atoms with Gasteiger partial charge in [0.15, 0.2) is 0 Å².